The molecule has 0 fully saturated rings. The van der Waals surface area contributed by atoms with Gasteiger partial charge in [0.15, 0.2) is 0 Å². The molecule has 0 aliphatic rings. The second-order valence-corrected chi connectivity index (χ2v) is 11.7. The van der Waals surface area contributed by atoms with Crippen molar-refractivity contribution in [2.24, 2.45) is 20.5 Å². The maximum atomic E-state index is 12.0. The zero-order valence-electron chi connectivity index (χ0n) is 24.0. The van der Waals surface area contributed by atoms with Crippen molar-refractivity contribution in [3.05, 3.63) is 95.1 Å². The Balaban J connectivity index is 0.00000337. The Hall–Kier alpha value is -2.76. The fraction of sp³-hybridized carbons (Fsp3) is 0.0714. The minimum atomic E-state index is -5.00. The molecule has 0 radical (unpaired) electrons. The summed E-state index contributed by atoms with van der Waals surface area (Å²) in [4.78, 5) is -1.28. The summed E-state index contributed by atoms with van der Waals surface area (Å²) < 4.78 is 72.1. The van der Waals surface area contributed by atoms with Crippen LogP contribution >= 0.6 is 0 Å². The minimum Gasteiger partial charge on any atom is -0.744 e. The largest absolute Gasteiger partial charge is 1.00 e. The fourth-order valence-electron chi connectivity index (χ4n) is 3.79. The second kappa shape index (κ2) is 15.5. The Morgan fingerprint density at radius 3 is 1.25 bits per heavy atom. The summed E-state index contributed by atoms with van der Waals surface area (Å²) in [6.45, 7) is 3.38. The zero-order chi connectivity index (χ0) is 30.7. The first-order valence-electron chi connectivity index (χ1n) is 12.0. The molecule has 0 aliphatic heterocycles. The van der Waals surface area contributed by atoms with E-state index in [1.807, 2.05) is 0 Å². The van der Waals surface area contributed by atoms with Gasteiger partial charge in [0, 0.05) is 0 Å². The summed E-state index contributed by atoms with van der Waals surface area (Å²) in [7, 11) is -10.0. The third kappa shape index (κ3) is 9.87. The van der Waals surface area contributed by atoms with Gasteiger partial charge in [-0.25, -0.2) is 16.8 Å². The number of phenols is 2. The molecule has 0 aromatic heterocycles. The van der Waals surface area contributed by atoms with Crippen molar-refractivity contribution in [3.63, 3.8) is 0 Å². The van der Waals surface area contributed by atoms with Crippen LogP contribution in [0.15, 0.2) is 103 Å². The van der Waals surface area contributed by atoms with Crippen LogP contribution in [-0.4, -0.2) is 36.2 Å². The molecule has 0 heterocycles. The summed E-state index contributed by atoms with van der Waals surface area (Å²) in [6, 6.07) is 16.2. The van der Waals surface area contributed by atoms with Crippen LogP contribution in [-0.2, 0) is 20.2 Å². The normalized spacial score (nSPS) is 12.0. The molecule has 16 heteroatoms. The van der Waals surface area contributed by atoms with Crippen LogP contribution in [0.1, 0.15) is 22.3 Å². The zero-order valence-corrected chi connectivity index (χ0v) is 29.7. The van der Waals surface area contributed by atoms with Gasteiger partial charge >= 0.3 is 59.1 Å². The van der Waals surface area contributed by atoms with Crippen LogP contribution in [0.4, 0.5) is 22.7 Å². The van der Waals surface area contributed by atoms with Crippen molar-refractivity contribution in [2.45, 2.75) is 23.6 Å². The van der Waals surface area contributed by atoms with Gasteiger partial charge in [-0.3, -0.25) is 0 Å². The fourth-order valence-corrected chi connectivity index (χ4v) is 5.17. The second-order valence-electron chi connectivity index (χ2n) is 9.03. The number of azo groups is 2. The van der Waals surface area contributed by atoms with E-state index in [2.05, 4.69) is 20.5 Å². The molecule has 216 valence electrons. The quantitative estimate of drug-likeness (QED) is 0.119. The number of phenolic OH excluding ortho intramolecular Hbond substituents is 2. The number of aryl methyl sites for hydroxylation is 2. The molecule has 44 heavy (non-hydrogen) atoms. The monoisotopic (exact) mass is 652 g/mol. The van der Waals surface area contributed by atoms with E-state index in [1.165, 1.54) is 72.8 Å². The Kier molecular flexibility index (Phi) is 13.2. The summed E-state index contributed by atoms with van der Waals surface area (Å²) in [5, 5.41) is 35.0. The molecule has 4 aromatic carbocycles. The Morgan fingerprint density at radius 1 is 0.568 bits per heavy atom. The number of benzene rings is 4. The summed E-state index contributed by atoms with van der Waals surface area (Å²) in [5.74, 6) is 0.0805. The average molecular weight is 653 g/mol. The maximum absolute atomic E-state index is 12.0. The van der Waals surface area contributed by atoms with Crippen LogP contribution in [0.5, 0.6) is 11.5 Å². The van der Waals surface area contributed by atoms with E-state index in [0.29, 0.717) is 22.5 Å². The molecule has 0 unspecified atom stereocenters. The van der Waals surface area contributed by atoms with Crippen molar-refractivity contribution in [2.75, 3.05) is 0 Å². The minimum absolute atomic E-state index is 0. The van der Waals surface area contributed by atoms with Crippen molar-refractivity contribution in [1.82, 2.24) is 0 Å². The molecule has 0 saturated carbocycles. The van der Waals surface area contributed by atoms with Gasteiger partial charge in [0.1, 0.15) is 31.7 Å². The molecule has 12 nitrogen and oxygen atoms in total. The molecule has 0 amide bonds. The number of hydrogen-bond acceptors (Lipinski definition) is 12. The van der Waals surface area contributed by atoms with Crippen LogP contribution in [0, 0.1) is 13.8 Å². The van der Waals surface area contributed by atoms with Crippen molar-refractivity contribution >= 4 is 55.1 Å². The molecular weight excluding hydrogens is 630 g/mol. The van der Waals surface area contributed by atoms with Crippen LogP contribution in [0.3, 0.4) is 0 Å². The number of rotatable bonds is 8. The Bertz CT molecular complexity index is 1860. The Labute approximate surface area is 298 Å². The third-order valence-corrected chi connectivity index (χ3v) is 7.67. The maximum Gasteiger partial charge on any atom is 1.00 e. The van der Waals surface area contributed by atoms with Crippen molar-refractivity contribution in [1.29, 1.82) is 0 Å². The molecule has 0 aliphatic carbocycles. The molecule has 2 N–H and O–H groups in total. The summed E-state index contributed by atoms with van der Waals surface area (Å²) >= 11 is 0. The van der Waals surface area contributed by atoms with Gasteiger partial charge in [-0.2, -0.15) is 20.5 Å². The number of hydrogen-bond donors (Lipinski definition) is 2. The Morgan fingerprint density at radius 2 is 0.932 bits per heavy atom. The molecule has 0 spiro atoms. The standard InChI is InChI=1S/C28H24N4O8S2.2Na/c1-17-13-23(33)9-11-25(17)31-29-21-7-5-19(27(15-21)41(35,36)37)3-4-20-6-8-22(16-28(20)42(38,39)40)30-32-26-12-10-24(34)14-18(26)2;;/h3-16,33-34H,1-2H3,(H,35,36,37)(H,38,39,40);;/q;2*+1/p-2/b4-3+,31-29?,32-30?;;. The van der Waals surface area contributed by atoms with Crippen molar-refractivity contribution in [3.8, 4) is 11.5 Å². The van der Waals surface area contributed by atoms with E-state index >= 15 is 0 Å². The van der Waals surface area contributed by atoms with Gasteiger partial charge in [0.25, 0.3) is 0 Å². The van der Waals surface area contributed by atoms with Crippen LogP contribution in [0.25, 0.3) is 12.2 Å². The predicted octanol–water partition coefficient (Wildman–Crippen LogP) is 0.532. The smallest absolute Gasteiger partial charge is 0.744 e. The van der Waals surface area contributed by atoms with Gasteiger partial charge in [0.05, 0.1) is 32.5 Å². The topological polar surface area (TPSA) is 204 Å². The molecule has 0 saturated heterocycles. The van der Waals surface area contributed by atoms with E-state index in [9.17, 15) is 36.2 Å². The number of nitrogens with zero attached hydrogens (tertiary/aromatic N) is 4. The van der Waals surface area contributed by atoms with Crippen molar-refractivity contribution < 1.29 is 95.3 Å². The van der Waals surface area contributed by atoms with Crippen LogP contribution < -0.4 is 59.1 Å². The summed E-state index contributed by atoms with van der Waals surface area (Å²) in [5.41, 5.74) is 2.00. The van der Waals surface area contributed by atoms with E-state index in [4.69, 9.17) is 0 Å². The van der Waals surface area contributed by atoms with Gasteiger partial charge in [-0.05, 0) is 96.8 Å². The molecule has 4 aromatic rings. The predicted molar refractivity (Wildman–Crippen MR) is 152 cm³/mol. The van der Waals surface area contributed by atoms with Gasteiger partial charge in [0.2, 0.25) is 0 Å². The van der Waals surface area contributed by atoms with Gasteiger partial charge < -0.3 is 19.3 Å². The molecule has 0 bridgehead atoms. The average Bonchev–Trinajstić information content (AvgIpc) is 2.90. The van der Waals surface area contributed by atoms with Crippen LogP contribution in [0.2, 0.25) is 0 Å². The van der Waals surface area contributed by atoms with Gasteiger partial charge in [-0.1, -0.05) is 24.3 Å². The molecule has 0 atom stereocenters. The first-order chi connectivity index (χ1) is 19.7. The van der Waals surface area contributed by atoms with E-state index < -0.39 is 30.0 Å². The first kappa shape index (κ1) is 37.4. The summed E-state index contributed by atoms with van der Waals surface area (Å²) in [6.07, 6.45) is 2.36. The molecule has 4 rings (SSSR count). The SMILES string of the molecule is Cc1cc(O)ccc1N=Nc1ccc(/C=C/c2ccc(N=Nc3ccc(O)cc3C)cc2S(=O)(=O)[O-])c(S(=O)(=O)[O-])c1.[Na+].[Na+]. The third-order valence-electron chi connectivity index (χ3n) is 5.88. The number of aromatic hydroxyl groups is 2. The van der Waals surface area contributed by atoms with E-state index in [1.54, 1.807) is 13.8 Å². The molecular formula is C28H22N4Na2O8S2. The van der Waals surface area contributed by atoms with Gasteiger partial charge in [-0.15, -0.1) is 0 Å². The van der Waals surface area contributed by atoms with E-state index in [0.717, 1.165) is 12.1 Å². The first-order valence-corrected chi connectivity index (χ1v) is 14.8. The van der Waals surface area contributed by atoms with E-state index in [-0.39, 0.29) is 93.1 Å².